The highest BCUT2D eigenvalue weighted by Gasteiger charge is 2.21. The molecule has 0 saturated heterocycles. The van der Waals surface area contributed by atoms with Gasteiger partial charge >= 0.3 is 0 Å². The number of aromatic nitrogens is 4. The zero-order valence-corrected chi connectivity index (χ0v) is 16.4. The van der Waals surface area contributed by atoms with Crippen molar-refractivity contribution >= 4 is 34.2 Å². The number of aromatic amines is 1. The van der Waals surface area contributed by atoms with Crippen LogP contribution in [0.3, 0.4) is 0 Å². The van der Waals surface area contributed by atoms with Crippen LogP contribution in [0.15, 0.2) is 47.3 Å². The molecule has 28 heavy (non-hydrogen) atoms. The van der Waals surface area contributed by atoms with Crippen LogP contribution in [0.1, 0.15) is 24.0 Å². The lowest BCUT2D eigenvalue weighted by molar-refractivity contribution is 0.471. The topological polar surface area (TPSA) is 83.8 Å². The fraction of sp³-hybridized carbons (Fsp3) is 0.150. The van der Waals surface area contributed by atoms with Crippen molar-refractivity contribution in [3.63, 3.8) is 0 Å². The molecule has 0 spiro atoms. The number of fused-ring (bicyclic) bond motifs is 1. The van der Waals surface area contributed by atoms with Gasteiger partial charge in [-0.15, -0.1) is 0 Å². The summed E-state index contributed by atoms with van der Waals surface area (Å²) in [6.07, 6.45) is 0.983. The number of aromatic hydroxyl groups is 1. The van der Waals surface area contributed by atoms with Gasteiger partial charge in [-0.2, -0.15) is 5.10 Å². The average Bonchev–Trinajstić information content (AvgIpc) is 3.01. The summed E-state index contributed by atoms with van der Waals surface area (Å²) in [5.41, 5.74) is 1.88. The highest BCUT2D eigenvalue weighted by molar-refractivity contribution is 6.36. The Morgan fingerprint density at radius 3 is 2.61 bits per heavy atom. The van der Waals surface area contributed by atoms with Crippen LogP contribution in [0.2, 0.25) is 10.0 Å². The summed E-state index contributed by atoms with van der Waals surface area (Å²) >= 11 is 12.3. The Hall–Kier alpha value is -2.83. The van der Waals surface area contributed by atoms with E-state index in [2.05, 4.69) is 15.1 Å². The molecule has 0 aliphatic rings. The Morgan fingerprint density at radius 2 is 1.93 bits per heavy atom. The van der Waals surface area contributed by atoms with Crippen LogP contribution in [-0.4, -0.2) is 24.9 Å². The molecular weight excluding hydrogens is 399 g/mol. The van der Waals surface area contributed by atoms with Crippen molar-refractivity contribution in [1.82, 2.24) is 19.7 Å². The maximum Gasteiger partial charge on any atom is 0.262 e. The number of hydrogen-bond acceptors (Lipinski definition) is 4. The molecule has 0 fully saturated rings. The van der Waals surface area contributed by atoms with E-state index in [4.69, 9.17) is 23.2 Å². The minimum atomic E-state index is -0.274. The summed E-state index contributed by atoms with van der Waals surface area (Å²) in [6, 6.07) is 12.6. The number of H-pyrrole nitrogens is 1. The predicted octanol–water partition coefficient (Wildman–Crippen LogP) is 4.27. The minimum Gasteiger partial charge on any atom is -0.506 e. The molecule has 0 saturated carbocycles. The summed E-state index contributed by atoms with van der Waals surface area (Å²) < 4.78 is 1.41. The number of rotatable bonds is 4. The van der Waals surface area contributed by atoms with Gasteiger partial charge in [-0.05, 0) is 18.1 Å². The molecule has 4 rings (SSSR count). The largest absolute Gasteiger partial charge is 0.506 e. The second-order valence-corrected chi connectivity index (χ2v) is 7.18. The number of hydrogen-bond donors (Lipinski definition) is 2. The zero-order chi connectivity index (χ0) is 19.8. The normalized spacial score (nSPS) is 11.2. The van der Waals surface area contributed by atoms with Gasteiger partial charge in [0.05, 0.1) is 10.7 Å². The molecule has 0 amide bonds. The third-order valence-electron chi connectivity index (χ3n) is 4.43. The minimum absolute atomic E-state index is 0.142. The van der Waals surface area contributed by atoms with Crippen molar-refractivity contribution in [3.8, 4) is 11.4 Å². The molecule has 142 valence electrons. The Balaban J connectivity index is 1.96. The number of phenolic OH excluding ortho intramolecular Hbond substituents is 1. The molecule has 2 heterocycles. The fourth-order valence-electron chi connectivity index (χ4n) is 3.18. The molecule has 2 N–H and O–H groups in total. The lowest BCUT2D eigenvalue weighted by Gasteiger charge is -2.09. The first kappa shape index (κ1) is 18.5. The van der Waals surface area contributed by atoms with E-state index in [0.29, 0.717) is 40.4 Å². The molecule has 0 bridgehead atoms. The predicted molar refractivity (Wildman–Crippen MR) is 110 cm³/mol. The fourth-order valence-corrected chi connectivity index (χ4v) is 3.74. The van der Waals surface area contributed by atoms with Crippen molar-refractivity contribution in [1.29, 1.82) is 0 Å². The summed E-state index contributed by atoms with van der Waals surface area (Å²) in [6.45, 7) is 1.90. The first-order valence-electron chi connectivity index (χ1n) is 8.71. The molecule has 4 aromatic rings. The Bertz CT molecular complexity index is 1210. The van der Waals surface area contributed by atoms with Crippen LogP contribution >= 0.6 is 23.2 Å². The van der Waals surface area contributed by atoms with Gasteiger partial charge in [0.1, 0.15) is 22.6 Å². The van der Waals surface area contributed by atoms with E-state index in [1.165, 1.54) is 16.8 Å². The second-order valence-electron chi connectivity index (χ2n) is 6.34. The molecule has 6 nitrogen and oxygen atoms in total. The van der Waals surface area contributed by atoms with E-state index in [-0.39, 0.29) is 22.0 Å². The number of benzene rings is 2. The van der Waals surface area contributed by atoms with Crippen LogP contribution in [0, 0.1) is 0 Å². The van der Waals surface area contributed by atoms with E-state index >= 15 is 0 Å². The van der Waals surface area contributed by atoms with E-state index in [1.54, 1.807) is 0 Å². The standard InChI is InChI=1S/C20H16Cl2N4O2/c1-2-14-17-19(26(25-14)18-13(22)9-12(21)10-15(18)27)23-16(24-20(17)28)8-11-6-4-3-5-7-11/h3-7,9-10,27H,2,8H2,1H3,(H,23,24,28). The second kappa shape index (κ2) is 7.30. The zero-order valence-electron chi connectivity index (χ0n) is 14.9. The highest BCUT2D eigenvalue weighted by atomic mass is 35.5. The molecule has 0 atom stereocenters. The molecular formula is C20H16Cl2N4O2. The Labute approximate surface area is 170 Å². The van der Waals surface area contributed by atoms with Gasteiger partial charge in [-0.3, -0.25) is 4.79 Å². The molecule has 0 unspecified atom stereocenters. The number of nitrogens with one attached hydrogen (secondary N) is 1. The highest BCUT2D eigenvalue weighted by Crippen LogP contribution is 2.34. The van der Waals surface area contributed by atoms with Crippen LogP contribution in [0.4, 0.5) is 0 Å². The van der Waals surface area contributed by atoms with Crippen LogP contribution in [0.5, 0.6) is 5.75 Å². The number of nitrogens with zero attached hydrogens (tertiary/aromatic N) is 3. The lowest BCUT2D eigenvalue weighted by Crippen LogP contribution is -2.13. The smallest absolute Gasteiger partial charge is 0.262 e. The molecule has 2 aromatic heterocycles. The van der Waals surface area contributed by atoms with Crippen molar-refractivity contribution < 1.29 is 5.11 Å². The average molecular weight is 415 g/mol. The van der Waals surface area contributed by atoms with Gasteiger partial charge < -0.3 is 10.1 Å². The maximum absolute atomic E-state index is 12.8. The van der Waals surface area contributed by atoms with Gasteiger partial charge in [0.2, 0.25) is 0 Å². The summed E-state index contributed by atoms with van der Waals surface area (Å²) in [5, 5.41) is 15.8. The third kappa shape index (κ3) is 3.25. The summed E-state index contributed by atoms with van der Waals surface area (Å²) in [4.78, 5) is 20.2. The molecule has 2 aromatic carbocycles. The van der Waals surface area contributed by atoms with Gasteiger partial charge in [-0.1, -0.05) is 60.5 Å². The van der Waals surface area contributed by atoms with Crippen molar-refractivity contribution in [2.24, 2.45) is 0 Å². The van der Waals surface area contributed by atoms with Crippen molar-refractivity contribution in [3.05, 3.63) is 79.9 Å². The van der Waals surface area contributed by atoms with Gasteiger partial charge in [0.15, 0.2) is 5.65 Å². The Kier molecular flexibility index (Phi) is 4.83. The van der Waals surface area contributed by atoms with E-state index in [1.807, 2.05) is 37.3 Å². The van der Waals surface area contributed by atoms with E-state index in [9.17, 15) is 9.90 Å². The summed E-state index contributed by atoms with van der Waals surface area (Å²) in [7, 11) is 0. The molecule has 8 heteroatoms. The maximum atomic E-state index is 12.8. The summed E-state index contributed by atoms with van der Waals surface area (Å²) in [5.74, 6) is 0.355. The Morgan fingerprint density at radius 1 is 1.18 bits per heavy atom. The van der Waals surface area contributed by atoms with Crippen LogP contribution < -0.4 is 5.56 Å². The third-order valence-corrected chi connectivity index (χ3v) is 4.93. The molecule has 0 aliphatic heterocycles. The van der Waals surface area contributed by atoms with Crippen molar-refractivity contribution in [2.45, 2.75) is 19.8 Å². The molecule has 0 aliphatic carbocycles. The van der Waals surface area contributed by atoms with Gasteiger partial charge in [0, 0.05) is 17.5 Å². The van der Waals surface area contributed by atoms with Crippen molar-refractivity contribution in [2.75, 3.05) is 0 Å². The van der Waals surface area contributed by atoms with Gasteiger partial charge in [0.25, 0.3) is 5.56 Å². The van der Waals surface area contributed by atoms with Crippen LogP contribution in [-0.2, 0) is 12.8 Å². The monoisotopic (exact) mass is 414 g/mol. The van der Waals surface area contributed by atoms with Gasteiger partial charge in [-0.25, -0.2) is 9.67 Å². The SMILES string of the molecule is CCc1nn(-c2c(O)cc(Cl)cc2Cl)c2nc(Cc3ccccc3)[nH]c(=O)c12. The molecule has 0 radical (unpaired) electrons. The number of phenols is 1. The quantitative estimate of drug-likeness (QED) is 0.521. The van der Waals surface area contributed by atoms with Crippen LogP contribution in [0.25, 0.3) is 16.7 Å². The lowest BCUT2D eigenvalue weighted by atomic mass is 10.1. The first-order chi connectivity index (χ1) is 13.5. The number of halogens is 2. The van der Waals surface area contributed by atoms with E-state index in [0.717, 1.165) is 5.56 Å². The number of aryl methyl sites for hydroxylation is 1. The van der Waals surface area contributed by atoms with E-state index < -0.39 is 0 Å². The first-order valence-corrected chi connectivity index (χ1v) is 9.46.